The molecule has 0 unspecified atom stereocenters. The summed E-state index contributed by atoms with van der Waals surface area (Å²) in [6, 6.07) is 9.04. The Kier molecular flexibility index (Phi) is 5.80. The zero-order valence-corrected chi connectivity index (χ0v) is 17.3. The number of fused-ring (bicyclic) bond motifs is 2. The normalized spacial score (nSPS) is 23.5. The number of anilines is 1. The number of pyridine rings is 1. The van der Waals surface area contributed by atoms with Gasteiger partial charge in [-0.15, -0.1) is 0 Å². The van der Waals surface area contributed by atoms with Crippen LogP contribution in [0.25, 0.3) is 0 Å². The summed E-state index contributed by atoms with van der Waals surface area (Å²) in [5, 5.41) is 0. The van der Waals surface area contributed by atoms with Crippen LogP contribution >= 0.6 is 0 Å². The molecule has 0 saturated carbocycles. The van der Waals surface area contributed by atoms with Gasteiger partial charge in [-0.1, -0.05) is 13.0 Å². The third kappa shape index (κ3) is 4.35. The van der Waals surface area contributed by atoms with E-state index in [0.717, 1.165) is 61.4 Å². The van der Waals surface area contributed by atoms with Gasteiger partial charge in [-0.2, -0.15) is 13.2 Å². The van der Waals surface area contributed by atoms with Gasteiger partial charge in [0.15, 0.2) is 11.5 Å². The molecule has 2 aromatic rings. The van der Waals surface area contributed by atoms with Gasteiger partial charge in [0.2, 0.25) is 0 Å². The number of halogens is 3. The predicted molar refractivity (Wildman–Crippen MR) is 109 cm³/mol. The highest BCUT2D eigenvalue weighted by molar-refractivity contribution is 5.46. The van der Waals surface area contributed by atoms with Crippen molar-refractivity contribution in [3.63, 3.8) is 0 Å². The van der Waals surface area contributed by atoms with Crippen LogP contribution < -0.4 is 14.4 Å². The maximum absolute atomic E-state index is 12.8. The number of hydrogen-bond donors (Lipinski definition) is 0. The molecule has 30 heavy (non-hydrogen) atoms. The molecule has 4 nitrogen and oxygen atoms in total. The van der Waals surface area contributed by atoms with Crippen LogP contribution in [0.2, 0.25) is 0 Å². The average molecular weight is 420 g/mol. The summed E-state index contributed by atoms with van der Waals surface area (Å²) in [7, 11) is 0. The fourth-order valence-corrected chi connectivity index (χ4v) is 4.52. The zero-order chi connectivity index (χ0) is 21.3. The van der Waals surface area contributed by atoms with E-state index in [9.17, 15) is 13.2 Å². The van der Waals surface area contributed by atoms with Crippen molar-refractivity contribution in [1.29, 1.82) is 0 Å². The summed E-state index contributed by atoms with van der Waals surface area (Å²) in [6.07, 6.45) is 1.19. The Morgan fingerprint density at radius 3 is 2.40 bits per heavy atom. The number of benzene rings is 1. The molecule has 0 N–H and O–H groups in total. The lowest BCUT2D eigenvalue weighted by Gasteiger charge is -2.39. The van der Waals surface area contributed by atoms with E-state index >= 15 is 0 Å². The molecule has 2 fully saturated rings. The lowest BCUT2D eigenvalue weighted by atomic mass is 9.99. The molecule has 0 radical (unpaired) electrons. The smallest absolute Gasteiger partial charge is 0.417 e. The maximum atomic E-state index is 12.8. The predicted octanol–water partition coefficient (Wildman–Crippen LogP) is 5.78. The molecule has 2 aliphatic rings. The van der Waals surface area contributed by atoms with Gasteiger partial charge >= 0.3 is 6.18 Å². The van der Waals surface area contributed by atoms with Crippen molar-refractivity contribution < 1.29 is 22.6 Å². The molecule has 1 aromatic heterocycles. The number of ether oxygens (including phenoxy) is 2. The quantitative estimate of drug-likeness (QED) is 0.594. The van der Waals surface area contributed by atoms with Gasteiger partial charge in [-0.3, -0.25) is 0 Å². The zero-order valence-electron chi connectivity index (χ0n) is 17.3. The fourth-order valence-electron chi connectivity index (χ4n) is 4.52. The second-order valence-corrected chi connectivity index (χ2v) is 8.21. The van der Waals surface area contributed by atoms with Gasteiger partial charge in [0, 0.05) is 31.1 Å². The van der Waals surface area contributed by atoms with Gasteiger partial charge < -0.3 is 14.4 Å². The number of aromatic nitrogens is 1. The van der Waals surface area contributed by atoms with E-state index < -0.39 is 11.7 Å². The molecule has 1 aromatic carbocycles. The van der Waals surface area contributed by atoms with Crippen LogP contribution in [-0.4, -0.2) is 29.8 Å². The third-order valence-electron chi connectivity index (χ3n) is 5.88. The van der Waals surface area contributed by atoms with E-state index in [2.05, 4.69) is 16.8 Å². The highest BCUT2D eigenvalue weighted by atomic mass is 19.4. The molecule has 2 aliphatic heterocycles. The molecule has 7 heteroatoms. The highest BCUT2D eigenvalue weighted by Crippen LogP contribution is 2.41. The Morgan fingerprint density at radius 1 is 1.07 bits per heavy atom. The van der Waals surface area contributed by atoms with Gasteiger partial charge in [-0.25, -0.2) is 4.98 Å². The Morgan fingerprint density at radius 2 is 1.80 bits per heavy atom. The molecule has 4 rings (SSSR count). The first-order valence-electron chi connectivity index (χ1n) is 10.6. The molecule has 3 heterocycles. The summed E-state index contributed by atoms with van der Waals surface area (Å²) in [6.45, 7) is 4.74. The van der Waals surface area contributed by atoms with E-state index in [0.29, 0.717) is 12.4 Å². The second-order valence-electron chi connectivity index (χ2n) is 8.21. The van der Waals surface area contributed by atoms with Crippen molar-refractivity contribution in [2.24, 2.45) is 0 Å². The van der Waals surface area contributed by atoms with Crippen LogP contribution in [0.15, 0.2) is 36.5 Å². The van der Waals surface area contributed by atoms with Crippen molar-refractivity contribution in [3.8, 4) is 11.5 Å². The second kappa shape index (κ2) is 8.36. The molecule has 2 saturated heterocycles. The van der Waals surface area contributed by atoms with E-state index in [4.69, 9.17) is 9.47 Å². The SMILES string of the molecule is CCCOc1cc(C)ccc1O[C@H]1C[C@H]2CC[C@@H](C1)N2c1ccc(C(F)(F)F)cn1. The number of rotatable bonds is 6. The monoisotopic (exact) mass is 420 g/mol. The van der Waals surface area contributed by atoms with E-state index in [-0.39, 0.29) is 18.2 Å². The van der Waals surface area contributed by atoms with Crippen LogP contribution in [-0.2, 0) is 6.18 Å². The van der Waals surface area contributed by atoms with Gasteiger partial charge in [0.05, 0.1) is 12.2 Å². The summed E-state index contributed by atoms with van der Waals surface area (Å²) >= 11 is 0. The largest absolute Gasteiger partial charge is 0.490 e. The van der Waals surface area contributed by atoms with E-state index in [1.807, 2.05) is 25.1 Å². The van der Waals surface area contributed by atoms with Crippen molar-refractivity contribution in [2.75, 3.05) is 11.5 Å². The van der Waals surface area contributed by atoms with Crippen LogP contribution in [0.3, 0.4) is 0 Å². The Bertz CT molecular complexity index is 856. The number of aryl methyl sites for hydroxylation is 1. The number of piperidine rings is 1. The molecule has 0 amide bonds. The van der Waals surface area contributed by atoms with Gasteiger partial charge in [0.1, 0.15) is 11.9 Å². The van der Waals surface area contributed by atoms with Gasteiger partial charge in [-0.05, 0) is 56.0 Å². The third-order valence-corrected chi connectivity index (χ3v) is 5.88. The van der Waals surface area contributed by atoms with Crippen LogP contribution in [0.4, 0.5) is 19.0 Å². The Balaban J connectivity index is 1.46. The first kappa shape index (κ1) is 20.8. The summed E-state index contributed by atoms with van der Waals surface area (Å²) < 4.78 is 50.7. The molecule has 2 bridgehead atoms. The lowest BCUT2D eigenvalue weighted by Crippen LogP contribution is -2.46. The maximum Gasteiger partial charge on any atom is 0.417 e. The van der Waals surface area contributed by atoms with E-state index in [1.54, 1.807) is 0 Å². The standard InChI is InChI=1S/C23H27F3N2O2/c1-3-10-29-21-11-15(2)4-8-20(21)30-19-12-17-6-7-18(13-19)28(17)22-9-5-16(14-27-22)23(24,25)26/h4-5,8-9,11,14,17-19H,3,6-7,10,12-13H2,1-2H3/t17-,18+,19+. The van der Waals surface area contributed by atoms with Crippen LogP contribution in [0.1, 0.15) is 50.2 Å². The molecule has 3 atom stereocenters. The molecule has 0 aliphatic carbocycles. The molecule has 0 spiro atoms. The summed E-state index contributed by atoms with van der Waals surface area (Å²) in [4.78, 5) is 6.31. The molecular weight excluding hydrogens is 393 g/mol. The minimum Gasteiger partial charge on any atom is -0.490 e. The van der Waals surface area contributed by atoms with E-state index in [1.165, 1.54) is 6.07 Å². The minimum absolute atomic E-state index is 0.0554. The number of hydrogen-bond acceptors (Lipinski definition) is 4. The topological polar surface area (TPSA) is 34.6 Å². The summed E-state index contributed by atoms with van der Waals surface area (Å²) in [5.74, 6) is 2.16. The first-order chi connectivity index (χ1) is 14.3. The van der Waals surface area contributed by atoms with Crippen LogP contribution in [0, 0.1) is 6.92 Å². The van der Waals surface area contributed by atoms with Crippen molar-refractivity contribution >= 4 is 5.82 Å². The van der Waals surface area contributed by atoms with Crippen molar-refractivity contribution in [3.05, 3.63) is 47.7 Å². The fraction of sp³-hybridized carbons (Fsp3) is 0.522. The molecule has 162 valence electrons. The van der Waals surface area contributed by atoms with Crippen LogP contribution in [0.5, 0.6) is 11.5 Å². The molecular formula is C23H27F3N2O2. The number of alkyl halides is 3. The minimum atomic E-state index is -4.36. The number of nitrogens with zero attached hydrogens (tertiary/aromatic N) is 2. The lowest BCUT2D eigenvalue weighted by molar-refractivity contribution is -0.137. The van der Waals surface area contributed by atoms with Crippen molar-refractivity contribution in [1.82, 2.24) is 4.98 Å². The van der Waals surface area contributed by atoms with Gasteiger partial charge in [0.25, 0.3) is 0 Å². The highest BCUT2D eigenvalue weighted by Gasteiger charge is 2.42. The Hall–Kier alpha value is -2.44. The Labute approximate surface area is 175 Å². The average Bonchev–Trinajstić information content (AvgIpc) is 2.98. The summed E-state index contributed by atoms with van der Waals surface area (Å²) in [5.41, 5.74) is 0.410. The van der Waals surface area contributed by atoms with Crippen molar-refractivity contribution in [2.45, 2.75) is 70.3 Å². The first-order valence-corrected chi connectivity index (χ1v) is 10.6.